The molecule has 0 aromatic heterocycles. The fraction of sp³-hybridized carbons (Fsp3) is 0.478. The van der Waals surface area contributed by atoms with Crippen molar-refractivity contribution in [1.82, 2.24) is 0 Å². The van der Waals surface area contributed by atoms with E-state index >= 15 is 0 Å². The van der Waals surface area contributed by atoms with Crippen LogP contribution in [0, 0.1) is 20.8 Å². The molecule has 47 heavy (non-hydrogen) atoms. The number of hydrogen-bond donors (Lipinski definition) is 0. The van der Waals surface area contributed by atoms with Crippen molar-refractivity contribution in [3.8, 4) is 28.0 Å². The molecule has 0 atom stereocenters. The fourth-order valence-corrected chi connectivity index (χ4v) is 6.80. The number of hydrogen-bond acceptors (Lipinski definition) is 1. The SMILES string of the molecule is COc1ccc(C)c(-c2c(C(C)C)cc(C(C)C)cc2C(C)C)c1C.Cc1ccccc1-c1c(C(C)C)cc(C(C)C)cc1C(C)C. The van der Waals surface area contributed by atoms with E-state index in [-0.39, 0.29) is 0 Å². The Morgan fingerprint density at radius 3 is 1.19 bits per heavy atom. The van der Waals surface area contributed by atoms with Crippen molar-refractivity contribution in [3.63, 3.8) is 0 Å². The second kappa shape index (κ2) is 16.2. The molecule has 4 aromatic carbocycles. The number of ether oxygens (including phenoxy) is 1. The summed E-state index contributed by atoms with van der Waals surface area (Å²) in [5.41, 5.74) is 18.3. The van der Waals surface area contributed by atoms with E-state index in [1.165, 1.54) is 72.3 Å². The highest BCUT2D eigenvalue weighted by molar-refractivity contribution is 5.80. The van der Waals surface area contributed by atoms with Gasteiger partial charge in [0, 0.05) is 0 Å². The highest BCUT2D eigenvalue weighted by Gasteiger charge is 2.22. The molecule has 0 unspecified atom stereocenters. The second-order valence-corrected chi connectivity index (χ2v) is 15.5. The maximum Gasteiger partial charge on any atom is 0.122 e. The minimum absolute atomic E-state index is 0.483. The molecular weight excluding hydrogens is 569 g/mol. The summed E-state index contributed by atoms with van der Waals surface area (Å²) in [5, 5.41) is 0. The van der Waals surface area contributed by atoms with Gasteiger partial charge < -0.3 is 4.74 Å². The average Bonchev–Trinajstić information content (AvgIpc) is 3.00. The summed E-state index contributed by atoms with van der Waals surface area (Å²) in [6.07, 6.45) is 0. The van der Waals surface area contributed by atoms with Crippen LogP contribution in [0.1, 0.15) is 169 Å². The lowest BCUT2D eigenvalue weighted by molar-refractivity contribution is 0.412. The van der Waals surface area contributed by atoms with Crippen molar-refractivity contribution in [2.45, 2.75) is 139 Å². The summed E-state index contributed by atoms with van der Waals surface area (Å²) < 4.78 is 5.62. The molecule has 0 spiro atoms. The van der Waals surface area contributed by atoms with Crippen molar-refractivity contribution >= 4 is 0 Å². The van der Waals surface area contributed by atoms with E-state index in [2.05, 4.69) is 165 Å². The molecule has 4 rings (SSSR count). The maximum atomic E-state index is 5.62. The van der Waals surface area contributed by atoms with Gasteiger partial charge in [0.2, 0.25) is 0 Å². The van der Waals surface area contributed by atoms with Crippen LogP contribution in [0.15, 0.2) is 60.7 Å². The zero-order chi connectivity index (χ0) is 35.3. The standard InChI is InChI=1S/C24H34O.C22H30/c1-14(2)19-12-20(15(3)4)24(21(13-19)16(5)6)23-17(7)10-11-22(25-9)18(23)8;1-14(2)18-12-20(15(3)4)22(21(13-18)16(5)6)19-11-9-8-10-17(19)7/h10-16H,1-9H3;8-16H,1-7H3. The van der Waals surface area contributed by atoms with Gasteiger partial charge in [-0.15, -0.1) is 0 Å². The Kier molecular flexibility index (Phi) is 13.1. The Hall–Kier alpha value is -3.32. The smallest absolute Gasteiger partial charge is 0.122 e. The van der Waals surface area contributed by atoms with E-state index in [0.29, 0.717) is 35.5 Å². The first-order valence-electron chi connectivity index (χ1n) is 18.1. The number of methoxy groups -OCH3 is 1. The van der Waals surface area contributed by atoms with Gasteiger partial charge in [-0.05, 0) is 135 Å². The van der Waals surface area contributed by atoms with Crippen molar-refractivity contribution in [1.29, 1.82) is 0 Å². The van der Waals surface area contributed by atoms with E-state index in [9.17, 15) is 0 Å². The summed E-state index contributed by atoms with van der Waals surface area (Å²) in [6, 6.07) is 22.8. The lowest BCUT2D eigenvalue weighted by atomic mass is 9.79. The second-order valence-electron chi connectivity index (χ2n) is 15.5. The zero-order valence-corrected chi connectivity index (χ0v) is 32.6. The fourth-order valence-electron chi connectivity index (χ4n) is 6.80. The Labute approximate surface area is 289 Å². The molecule has 0 saturated carbocycles. The third kappa shape index (κ3) is 8.59. The highest BCUT2D eigenvalue weighted by Crippen LogP contribution is 2.43. The van der Waals surface area contributed by atoms with Crippen LogP contribution in [-0.4, -0.2) is 7.11 Å². The quantitative estimate of drug-likeness (QED) is 0.178. The van der Waals surface area contributed by atoms with Crippen LogP contribution in [0.25, 0.3) is 22.3 Å². The van der Waals surface area contributed by atoms with Gasteiger partial charge in [0.25, 0.3) is 0 Å². The molecule has 0 aliphatic heterocycles. The van der Waals surface area contributed by atoms with Crippen LogP contribution in [0.2, 0.25) is 0 Å². The molecule has 254 valence electrons. The van der Waals surface area contributed by atoms with Gasteiger partial charge in [0.05, 0.1) is 7.11 Å². The normalized spacial score (nSPS) is 11.7. The highest BCUT2D eigenvalue weighted by atomic mass is 16.5. The minimum Gasteiger partial charge on any atom is -0.496 e. The number of rotatable bonds is 9. The van der Waals surface area contributed by atoms with E-state index in [4.69, 9.17) is 4.74 Å². The zero-order valence-electron chi connectivity index (χ0n) is 32.6. The molecule has 0 fully saturated rings. The monoisotopic (exact) mass is 632 g/mol. The molecule has 1 heteroatoms. The molecule has 0 N–H and O–H groups in total. The van der Waals surface area contributed by atoms with E-state index in [1.54, 1.807) is 7.11 Å². The average molecular weight is 633 g/mol. The van der Waals surface area contributed by atoms with Crippen LogP contribution < -0.4 is 4.74 Å². The number of aryl methyl sites for hydroxylation is 2. The molecule has 4 aromatic rings. The molecule has 0 saturated heterocycles. The van der Waals surface area contributed by atoms with Gasteiger partial charge in [0.15, 0.2) is 0 Å². The molecular formula is C46H64O. The Balaban J connectivity index is 0.000000257. The predicted octanol–water partition coefficient (Wildman–Crippen LogP) is 14.4. The molecule has 0 bridgehead atoms. The Morgan fingerprint density at radius 1 is 0.426 bits per heavy atom. The summed E-state index contributed by atoms with van der Waals surface area (Å²) >= 11 is 0. The van der Waals surface area contributed by atoms with Gasteiger partial charge in [-0.25, -0.2) is 0 Å². The lowest BCUT2D eigenvalue weighted by Gasteiger charge is -2.26. The van der Waals surface area contributed by atoms with E-state index < -0.39 is 0 Å². The van der Waals surface area contributed by atoms with Crippen LogP contribution in [0.3, 0.4) is 0 Å². The Morgan fingerprint density at radius 2 is 0.830 bits per heavy atom. The van der Waals surface area contributed by atoms with Gasteiger partial charge in [-0.1, -0.05) is 138 Å². The third-order valence-electron chi connectivity index (χ3n) is 9.77. The first kappa shape index (κ1) is 38.1. The van der Waals surface area contributed by atoms with E-state index in [1.807, 2.05) is 0 Å². The molecule has 0 heterocycles. The summed E-state index contributed by atoms with van der Waals surface area (Å²) in [6.45, 7) is 34.2. The number of benzene rings is 4. The molecule has 1 nitrogen and oxygen atoms in total. The summed E-state index contributed by atoms with van der Waals surface area (Å²) in [4.78, 5) is 0. The van der Waals surface area contributed by atoms with Crippen LogP contribution in [0.5, 0.6) is 5.75 Å². The van der Waals surface area contributed by atoms with Gasteiger partial charge in [0.1, 0.15) is 5.75 Å². The lowest BCUT2D eigenvalue weighted by Crippen LogP contribution is -2.06. The van der Waals surface area contributed by atoms with E-state index in [0.717, 1.165) is 5.75 Å². The van der Waals surface area contributed by atoms with Crippen molar-refractivity contribution in [3.05, 3.63) is 111 Å². The predicted molar refractivity (Wildman–Crippen MR) is 209 cm³/mol. The first-order valence-corrected chi connectivity index (χ1v) is 18.1. The van der Waals surface area contributed by atoms with Crippen LogP contribution >= 0.6 is 0 Å². The van der Waals surface area contributed by atoms with Gasteiger partial charge in [-0.3, -0.25) is 0 Å². The summed E-state index contributed by atoms with van der Waals surface area (Å²) in [7, 11) is 1.76. The minimum atomic E-state index is 0.483. The van der Waals surface area contributed by atoms with Gasteiger partial charge >= 0.3 is 0 Å². The van der Waals surface area contributed by atoms with Crippen LogP contribution in [-0.2, 0) is 0 Å². The third-order valence-corrected chi connectivity index (χ3v) is 9.77. The Bertz CT molecular complexity index is 1590. The topological polar surface area (TPSA) is 9.23 Å². The molecule has 0 aliphatic rings. The van der Waals surface area contributed by atoms with Crippen molar-refractivity contribution in [2.75, 3.05) is 7.11 Å². The molecule has 0 aliphatic carbocycles. The maximum absolute atomic E-state index is 5.62. The largest absolute Gasteiger partial charge is 0.496 e. The van der Waals surface area contributed by atoms with Gasteiger partial charge in [-0.2, -0.15) is 0 Å². The summed E-state index contributed by atoms with van der Waals surface area (Å²) in [5.74, 6) is 4.11. The molecule has 0 amide bonds. The van der Waals surface area contributed by atoms with Crippen molar-refractivity contribution in [2.24, 2.45) is 0 Å². The van der Waals surface area contributed by atoms with Crippen LogP contribution in [0.4, 0.5) is 0 Å². The first-order chi connectivity index (χ1) is 22.0. The van der Waals surface area contributed by atoms with Crippen molar-refractivity contribution < 1.29 is 4.74 Å². The molecule has 0 radical (unpaired) electrons.